The Kier molecular flexibility index (Phi) is 3.63. The van der Waals surface area contributed by atoms with Crippen LogP contribution in [0.5, 0.6) is 0 Å². The second kappa shape index (κ2) is 5.01. The van der Waals surface area contributed by atoms with E-state index >= 15 is 0 Å². The lowest BCUT2D eigenvalue weighted by molar-refractivity contribution is -0.122. The van der Waals surface area contributed by atoms with Gasteiger partial charge in [0, 0.05) is 24.5 Å². The van der Waals surface area contributed by atoms with Gasteiger partial charge in [0.05, 0.1) is 12.2 Å². The maximum Gasteiger partial charge on any atom is 0.234 e. The molecule has 0 spiro atoms. The number of aromatic nitrogens is 1. The molecule has 0 saturated carbocycles. The van der Waals surface area contributed by atoms with E-state index in [1.807, 2.05) is 0 Å². The van der Waals surface area contributed by atoms with Crippen LogP contribution in [0.25, 0.3) is 0 Å². The van der Waals surface area contributed by atoms with Crippen molar-refractivity contribution in [2.75, 3.05) is 18.8 Å². The average molecular weight is 254 g/mol. The molecule has 0 bridgehead atoms. The summed E-state index contributed by atoms with van der Waals surface area (Å²) in [6.45, 7) is 6.87. The van der Waals surface area contributed by atoms with Crippen molar-refractivity contribution in [3.05, 3.63) is 10.6 Å². The number of hydrogen-bond acceptors (Lipinski definition) is 5. The number of nitrogen functional groups attached to an aromatic ring is 1. The highest BCUT2D eigenvalue weighted by molar-refractivity contribution is 7.15. The Morgan fingerprint density at radius 3 is 3.00 bits per heavy atom. The standard InChI is InChI=1S/C11H18N4OS/c1-7(2)3-13-10(16)6-15-4-8-9(5-15)17-11(12)14-8/h7H,3-6H2,1-2H3,(H2,12,14)(H,13,16). The summed E-state index contributed by atoms with van der Waals surface area (Å²) in [6, 6.07) is 0. The molecule has 1 aliphatic heterocycles. The van der Waals surface area contributed by atoms with Crippen molar-refractivity contribution in [2.45, 2.75) is 26.9 Å². The van der Waals surface area contributed by atoms with Crippen molar-refractivity contribution in [3.8, 4) is 0 Å². The number of carbonyl (C=O) groups excluding carboxylic acids is 1. The Bertz CT molecular complexity index is 392. The highest BCUT2D eigenvalue weighted by Crippen LogP contribution is 2.28. The Morgan fingerprint density at radius 2 is 2.35 bits per heavy atom. The third-order valence-electron chi connectivity index (χ3n) is 2.61. The summed E-state index contributed by atoms with van der Waals surface area (Å²) in [5, 5.41) is 3.54. The smallest absolute Gasteiger partial charge is 0.234 e. The number of nitrogens with one attached hydrogen (secondary N) is 1. The molecule has 0 radical (unpaired) electrons. The molecular weight excluding hydrogens is 236 g/mol. The number of anilines is 1. The van der Waals surface area contributed by atoms with Crippen LogP contribution in [0.4, 0.5) is 5.13 Å². The van der Waals surface area contributed by atoms with Crippen molar-refractivity contribution in [1.29, 1.82) is 0 Å². The van der Waals surface area contributed by atoms with Gasteiger partial charge in [-0.25, -0.2) is 4.98 Å². The lowest BCUT2D eigenvalue weighted by atomic mass is 10.2. The molecule has 3 N–H and O–H groups in total. The summed E-state index contributed by atoms with van der Waals surface area (Å²) in [5.74, 6) is 0.572. The summed E-state index contributed by atoms with van der Waals surface area (Å²) in [4.78, 5) is 19.2. The van der Waals surface area contributed by atoms with Crippen LogP contribution in [0.1, 0.15) is 24.4 Å². The zero-order valence-electron chi connectivity index (χ0n) is 10.2. The predicted octanol–water partition coefficient (Wildman–Crippen LogP) is 0.813. The normalized spacial score (nSPS) is 15.2. The molecule has 5 nitrogen and oxygen atoms in total. The fourth-order valence-electron chi connectivity index (χ4n) is 1.81. The number of rotatable bonds is 4. The summed E-state index contributed by atoms with van der Waals surface area (Å²) < 4.78 is 0. The number of hydrogen-bond donors (Lipinski definition) is 2. The van der Waals surface area contributed by atoms with Crippen LogP contribution in [0.3, 0.4) is 0 Å². The van der Waals surface area contributed by atoms with Crippen LogP contribution >= 0.6 is 11.3 Å². The van der Waals surface area contributed by atoms with E-state index < -0.39 is 0 Å². The van der Waals surface area contributed by atoms with Crippen LogP contribution < -0.4 is 11.1 Å². The first kappa shape index (κ1) is 12.3. The van der Waals surface area contributed by atoms with Crippen LogP contribution in [-0.4, -0.2) is 28.9 Å². The van der Waals surface area contributed by atoms with Crippen LogP contribution in [0.15, 0.2) is 0 Å². The van der Waals surface area contributed by atoms with Gasteiger partial charge in [0.2, 0.25) is 5.91 Å². The third kappa shape index (κ3) is 3.17. The van der Waals surface area contributed by atoms with E-state index in [0.29, 0.717) is 17.6 Å². The zero-order valence-corrected chi connectivity index (χ0v) is 11.0. The molecule has 2 rings (SSSR count). The van der Waals surface area contributed by atoms with Crippen molar-refractivity contribution in [1.82, 2.24) is 15.2 Å². The number of thiazole rings is 1. The van der Waals surface area contributed by atoms with Gasteiger partial charge in [0.15, 0.2) is 5.13 Å². The molecule has 94 valence electrons. The molecule has 0 saturated heterocycles. The van der Waals surface area contributed by atoms with Gasteiger partial charge in [0.25, 0.3) is 0 Å². The predicted molar refractivity (Wildman–Crippen MR) is 68.5 cm³/mol. The van der Waals surface area contributed by atoms with E-state index in [9.17, 15) is 4.79 Å². The second-order valence-electron chi connectivity index (χ2n) is 4.77. The van der Waals surface area contributed by atoms with Crippen LogP contribution in [-0.2, 0) is 17.9 Å². The third-order valence-corrected chi connectivity index (χ3v) is 3.52. The molecular formula is C11H18N4OS. The monoisotopic (exact) mass is 254 g/mol. The summed E-state index contributed by atoms with van der Waals surface area (Å²) >= 11 is 1.52. The molecule has 1 amide bonds. The largest absolute Gasteiger partial charge is 0.375 e. The number of nitrogens with zero attached hydrogens (tertiary/aromatic N) is 2. The lowest BCUT2D eigenvalue weighted by Crippen LogP contribution is -2.36. The minimum Gasteiger partial charge on any atom is -0.375 e. The van der Waals surface area contributed by atoms with Crippen molar-refractivity contribution >= 4 is 22.4 Å². The van der Waals surface area contributed by atoms with Gasteiger partial charge >= 0.3 is 0 Å². The minimum absolute atomic E-state index is 0.0850. The number of nitrogens with two attached hydrogens (primary N) is 1. The number of fused-ring (bicyclic) bond motifs is 1. The first-order valence-electron chi connectivity index (χ1n) is 5.77. The van der Waals surface area contributed by atoms with Gasteiger partial charge in [0.1, 0.15) is 0 Å². The van der Waals surface area contributed by atoms with E-state index in [4.69, 9.17) is 5.73 Å². The molecule has 1 aromatic heterocycles. The van der Waals surface area contributed by atoms with Gasteiger partial charge in [-0.05, 0) is 5.92 Å². The van der Waals surface area contributed by atoms with Crippen molar-refractivity contribution in [2.24, 2.45) is 5.92 Å². The Labute approximate surface area is 105 Å². The maximum absolute atomic E-state index is 11.6. The van der Waals surface area contributed by atoms with E-state index in [0.717, 1.165) is 25.3 Å². The summed E-state index contributed by atoms with van der Waals surface area (Å²) in [5.41, 5.74) is 6.66. The topological polar surface area (TPSA) is 71.2 Å². The number of carbonyl (C=O) groups is 1. The molecule has 2 heterocycles. The fourth-order valence-corrected chi connectivity index (χ4v) is 2.69. The van der Waals surface area contributed by atoms with Gasteiger partial charge in [-0.2, -0.15) is 0 Å². The Hall–Kier alpha value is -1.14. The molecule has 17 heavy (non-hydrogen) atoms. The van der Waals surface area contributed by atoms with Gasteiger partial charge in [-0.15, -0.1) is 11.3 Å². The fraction of sp³-hybridized carbons (Fsp3) is 0.636. The molecule has 6 heteroatoms. The van der Waals surface area contributed by atoms with E-state index in [-0.39, 0.29) is 5.91 Å². The van der Waals surface area contributed by atoms with Gasteiger partial charge in [-0.1, -0.05) is 13.8 Å². The Balaban J connectivity index is 1.79. The maximum atomic E-state index is 11.6. The SMILES string of the molecule is CC(C)CNC(=O)CN1Cc2nc(N)sc2C1. The average Bonchev–Trinajstić information content (AvgIpc) is 2.71. The van der Waals surface area contributed by atoms with E-state index in [1.54, 1.807) is 0 Å². The number of amides is 1. The molecule has 0 aromatic carbocycles. The van der Waals surface area contributed by atoms with Crippen molar-refractivity contribution < 1.29 is 4.79 Å². The zero-order chi connectivity index (χ0) is 12.4. The molecule has 0 fully saturated rings. The second-order valence-corrected chi connectivity index (χ2v) is 5.88. The molecule has 0 atom stereocenters. The minimum atomic E-state index is 0.0850. The van der Waals surface area contributed by atoms with E-state index in [1.165, 1.54) is 16.2 Å². The highest BCUT2D eigenvalue weighted by atomic mass is 32.1. The first-order valence-corrected chi connectivity index (χ1v) is 6.59. The molecule has 1 aromatic rings. The lowest BCUT2D eigenvalue weighted by Gasteiger charge is -2.15. The molecule has 0 unspecified atom stereocenters. The summed E-state index contributed by atoms with van der Waals surface area (Å²) in [7, 11) is 0. The summed E-state index contributed by atoms with van der Waals surface area (Å²) in [6.07, 6.45) is 0. The molecule has 0 aliphatic carbocycles. The quantitative estimate of drug-likeness (QED) is 0.834. The van der Waals surface area contributed by atoms with Crippen molar-refractivity contribution in [3.63, 3.8) is 0 Å². The van der Waals surface area contributed by atoms with Crippen LogP contribution in [0.2, 0.25) is 0 Å². The van der Waals surface area contributed by atoms with Gasteiger partial charge in [-0.3, -0.25) is 9.69 Å². The Morgan fingerprint density at radius 1 is 1.59 bits per heavy atom. The molecule has 1 aliphatic rings. The highest BCUT2D eigenvalue weighted by Gasteiger charge is 2.24. The van der Waals surface area contributed by atoms with Gasteiger partial charge < -0.3 is 11.1 Å². The van der Waals surface area contributed by atoms with E-state index in [2.05, 4.69) is 29.0 Å². The first-order chi connectivity index (χ1) is 8.04. The van der Waals surface area contributed by atoms with Crippen LogP contribution in [0, 0.1) is 5.92 Å².